The highest BCUT2D eigenvalue weighted by Crippen LogP contribution is 2.22. The number of aliphatic imine (C=N–C) groups is 1. The molecule has 3 aromatic rings. The van der Waals surface area contributed by atoms with Crippen molar-refractivity contribution in [3.63, 3.8) is 0 Å². The minimum absolute atomic E-state index is 0.158. The van der Waals surface area contributed by atoms with E-state index in [1.807, 2.05) is 24.3 Å². The normalized spacial score (nSPS) is 11.0. The summed E-state index contributed by atoms with van der Waals surface area (Å²) in [5.74, 6) is -0.787. The number of hydrogen-bond acceptors (Lipinski definition) is 5. The Bertz CT molecular complexity index is 853. The van der Waals surface area contributed by atoms with Crippen LogP contribution in [0.2, 0.25) is 0 Å². The topological polar surface area (TPSA) is 95.9 Å². The maximum atomic E-state index is 11.0. The van der Waals surface area contributed by atoms with E-state index in [9.17, 15) is 9.90 Å². The van der Waals surface area contributed by atoms with Crippen LogP contribution in [0, 0.1) is 0 Å². The highest BCUT2D eigenvalue weighted by Gasteiger charge is 2.09. The van der Waals surface area contributed by atoms with Crippen LogP contribution in [0.1, 0.15) is 15.9 Å². The first-order valence-electron chi connectivity index (χ1n) is 6.73. The van der Waals surface area contributed by atoms with E-state index in [0.29, 0.717) is 17.0 Å². The van der Waals surface area contributed by atoms with Gasteiger partial charge in [0.15, 0.2) is 12.2 Å². The summed E-state index contributed by atoms with van der Waals surface area (Å²) in [7, 11) is 0. The molecule has 0 saturated heterocycles. The van der Waals surface area contributed by atoms with Gasteiger partial charge in [-0.3, -0.25) is 4.99 Å². The summed E-state index contributed by atoms with van der Waals surface area (Å²) < 4.78 is 5.21. The fourth-order valence-corrected chi connectivity index (χ4v) is 2.02. The molecule has 0 radical (unpaired) electrons. The van der Waals surface area contributed by atoms with Gasteiger partial charge in [0.25, 0.3) is 0 Å². The third-order valence-corrected chi connectivity index (χ3v) is 3.20. The Kier molecular flexibility index (Phi) is 3.88. The number of benzene rings is 2. The zero-order valence-corrected chi connectivity index (χ0v) is 11.9. The van der Waals surface area contributed by atoms with Gasteiger partial charge in [0.05, 0.1) is 11.9 Å². The smallest absolute Gasteiger partial charge is 0.339 e. The Morgan fingerprint density at radius 1 is 1.17 bits per heavy atom. The van der Waals surface area contributed by atoms with Crippen molar-refractivity contribution in [3.05, 3.63) is 66.2 Å². The van der Waals surface area contributed by atoms with Crippen molar-refractivity contribution in [1.82, 2.24) is 4.98 Å². The number of aromatic nitrogens is 1. The molecule has 0 spiro atoms. The van der Waals surface area contributed by atoms with Gasteiger partial charge in [0.1, 0.15) is 11.3 Å². The summed E-state index contributed by atoms with van der Waals surface area (Å²) in [5, 5.41) is 18.5. The largest absolute Gasteiger partial charge is 0.507 e. The molecule has 0 saturated carbocycles. The first-order chi connectivity index (χ1) is 11.1. The number of carboxylic acid groups (broad SMARTS) is 1. The van der Waals surface area contributed by atoms with Crippen LogP contribution >= 0.6 is 0 Å². The van der Waals surface area contributed by atoms with Crippen molar-refractivity contribution in [2.24, 2.45) is 4.99 Å². The van der Waals surface area contributed by atoms with E-state index >= 15 is 0 Å². The molecule has 2 aromatic carbocycles. The second-order valence-electron chi connectivity index (χ2n) is 4.75. The first-order valence-corrected chi connectivity index (χ1v) is 6.73. The minimum Gasteiger partial charge on any atom is -0.507 e. The molecule has 6 nitrogen and oxygen atoms in total. The molecule has 0 amide bonds. The average molecular weight is 308 g/mol. The highest BCUT2D eigenvalue weighted by atomic mass is 16.4. The van der Waals surface area contributed by atoms with E-state index in [4.69, 9.17) is 9.52 Å². The minimum atomic E-state index is -1.19. The Hall–Kier alpha value is -3.41. The predicted octanol–water partition coefficient (Wildman–Crippen LogP) is 3.50. The molecule has 114 valence electrons. The summed E-state index contributed by atoms with van der Waals surface area (Å²) >= 11 is 0. The van der Waals surface area contributed by atoms with Crippen LogP contribution < -0.4 is 0 Å². The van der Waals surface area contributed by atoms with Crippen molar-refractivity contribution in [1.29, 1.82) is 0 Å². The predicted molar refractivity (Wildman–Crippen MR) is 84.3 cm³/mol. The quantitative estimate of drug-likeness (QED) is 0.719. The van der Waals surface area contributed by atoms with E-state index in [0.717, 1.165) is 5.56 Å². The Morgan fingerprint density at radius 2 is 1.96 bits per heavy atom. The van der Waals surface area contributed by atoms with Crippen molar-refractivity contribution in [2.75, 3.05) is 0 Å². The van der Waals surface area contributed by atoms with Gasteiger partial charge in [-0.15, -0.1) is 0 Å². The Labute approximate surface area is 131 Å². The van der Waals surface area contributed by atoms with Crippen LogP contribution in [-0.2, 0) is 0 Å². The van der Waals surface area contributed by atoms with Gasteiger partial charge in [-0.05, 0) is 48.0 Å². The molecule has 0 aliphatic carbocycles. The van der Waals surface area contributed by atoms with Gasteiger partial charge in [0, 0.05) is 11.8 Å². The van der Waals surface area contributed by atoms with Gasteiger partial charge in [0.2, 0.25) is 0 Å². The molecule has 0 unspecified atom stereocenters. The van der Waals surface area contributed by atoms with Crippen LogP contribution in [0.25, 0.3) is 11.3 Å². The van der Waals surface area contributed by atoms with E-state index in [1.54, 1.807) is 12.3 Å². The standard InChI is InChI=1S/C17H12N2O4/c20-15-6-1-11(7-14(15)17(21)22)8-19-13-4-2-12(3-5-13)16-9-18-10-23-16/h1-10,20H,(H,21,22). The number of carbonyl (C=O) groups is 1. The number of aromatic hydroxyl groups is 1. The summed E-state index contributed by atoms with van der Waals surface area (Å²) in [4.78, 5) is 19.1. The molecule has 0 aliphatic rings. The second kappa shape index (κ2) is 6.15. The zero-order valence-electron chi connectivity index (χ0n) is 11.9. The van der Waals surface area contributed by atoms with Crippen molar-refractivity contribution in [3.8, 4) is 17.1 Å². The summed E-state index contributed by atoms with van der Waals surface area (Å²) in [6.07, 6.45) is 4.53. The van der Waals surface area contributed by atoms with Gasteiger partial charge in [-0.25, -0.2) is 9.78 Å². The van der Waals surface area contributed by atoms with Gasteiger partial charge in [-0.2, -0.15) is 0 Å². The molecule has 2 N–H and O–H groups in total. The maximum Gasteiger partial charge on any atom is 0.339 e. The van der Waals surface area contributed by atoms with Crippen LogP contribution in [0.3, 0.4) is 0 Å². The monoisotopic (exact) mass is 308 g/mol. The van der Waals surface area contributed by atoms with E-state index < -0.39 is 5.97 Å². The molecular weight excluding hydrogens is 296 g/mol. The first kappa shape index (κ1) is 14.5. The Balaban J connectivity index is 1.80. The lowest BCUT2D eigenvalue weighted by molar-refractivity contribution is 0.0693. The van der Waals surface area contributed by atoms with Crippen LogP contribution in [0.5, 0.6) is 5.75 Å². The fraction of sp³-hybridized carbons (Fsp3) is 0. The Morgan fingerprint density at radius 3 is 2.61 bits per heavy atom. The lowest BCUT2D eigenvalue weighted by atomic mass is 10.1. The highest BCUT2D eigenvalue weighted by molar-refractivity contribution is 5.94. The van der Waals surface area contributed by atoms with Gasteiger partial charge in [-0.1, -0.05) is 0 Å². The number of aromatic carboxylic acids is 1. The van der Waals surface area contributed by atoms with Crippen molar-refractivity contribution < 1.29 is 19.4 Å². The van der Waals surface area contributed by atoms with Crippen LogP contribution in [0.15, 0.2) is 64.5 Å². The number of rotatable bonds is 4. The second-order valence-corrected chi connectivity index (χ2v) is 4.75. The zero-order chi connectivity index (χ0) is 16.2. The van der Waals surface area contributed by atoms with E-state index in [-0.39, 0.29) is 11.3 Å². The molecule has 3 rings (SSSR count). The third-order valence-electron chi connectivity index (χ3n) is 3.20. The molecule has 0 bridgehead atoms. The van der Waals surface area contributed by atoms with E-state index in [2.05, 4.69) is 9.98 Å². The molecule has 23 heavy (non-hydrogen) atoms. The average Bonchev–Trinajstić information content (AvgIpc) is 3.09. The van der Waals surface area contributed by atoms with Crippen LogP contribution in [0.4, 0.5) is 5.69 Å². The molecule has 0 atom stereocenters. The van der Waals surface area contributed by atoms with Crippen LogP contribution in [-0.4, -0.2) is 27.4 Å². The molecule has 1 heterocycles. The molecule has 0 aliphatic heterocycles. The SMILES string of the molecule is O=C(O)c1cc(C=Nc2ccc(-c3cnco3)cc2)ccc1O. The summed E-state index contributed by atoms with van der Waals surface area (Å²) in [6, 6.07) is 11.6. The number of carboxylic acids is 1. The maximum absolute atomic E-state index is 11.0. The molecular formula is C17H12N2O4. The molecule has 1 aromatic heterocycles. The lowest BCUT2D eigenvalue weighted by Crippen LogP contribution is -1.97. The van der Waals surface area contributed by atoms with Crippen molar-refractivity contribution in [2.45, 2.75) is 0 Å². The van der Waals surface area contributed by atoms with Gasteiger partial charge >= 0.3 is 5.97 Å². The molecule has 6 heteroatoms. The summed E-state index contributed by atoms with van der Waals surface area (Å²) in [6.45, 7) is 0. The third kappa shape index (κ3) is 3.26. The molecule has 0 fully saturated rings. The fourth-order valence-electron chi connectivity index (χ4n) is 2.02. The van der Waals surface area contributed by atoms with Crippen molar-refractivity contribution >= 4 is 17.9 Å². The number of oxazole rings is 1. The summed E-state index contributed by atoms with van der Waals surface area (Å²) in [5.41, 5.74) is 2.02. The number of nitrogens with zero attached hydrogens (tertiary/aromatic N) is 2. The number of hydrogen-bond donors (Lipinski definition) is 2. The number of phenols is 1. The van der Waals surface area contributed by atoms with Gasteiger partial charge < -0.3 is 14.6 Å². The van der Waals surface area contributed by atoms with E-state index in [1.165, 1.54) is 24.7 Å². The lowest BCUT2D eigenvalue weighted by Gasteiger charge is -2.01.